The molecule has 0 saturated heterocycles. The molecule has 3 N–H and O–H groups in total. The third kappa shape index (κ3) is 3.51. The van der Waals surface area contributed by atoms with Crippen LogP contribution in [0.15, 0.2) is 18.2 Å². The average molecular weight is 211 g/mol. The first-order valence-electron chi connectivity index (χ1n) is 5.38. The Morgan fingerprint density at radius 2 is 2.13 bits per heavy atom. The highest BCUT2D eigenvalue weighted by molar-refractivity contribution is 5.47. The molecule has 2 nitrogen and oxygen atoms in total. The number of benzene rings is 1. The number of unbranched alkanes of at least 4 members (excludes halogenated alkanes) is 2. The number of nitrogens with two attached hydrogens (primary N) is 1. The molecule has 3 heteroatoms. The van der Waals surface area contributed by atoms with Crippen molar-refractivity contribution in [2.75, 3.05) is 5.73 Å². The molecular formula is C12H18FNO. The van der Waals surface area contributed by atoms with Gasteiger partial charge in [-0.2, -0.15) is 0 Å². The summed E-state index contributed by atoms with van der Waals surface area (Å²) in [6.07, 6.45) is 3.11. The predicted molar refractivity (Wildman–Crippen MR) is 59.9 cm³/mol. The summed E-state index contributed by atoms with van der Waals surface area (Å²) in [6, 6.07) is 4.11. The number of aliphatic hydroxyl groups excluding tert-OH is 1. The van der Waals surface area contributed by atoms with Gasteiger partial charge in [-0.1, -0.05) is 26.2 Å². The first kappa shape index (κ1) is 12.0. The van der Waals surface area contributed by atoms with Crippen LogP contribution in [0.25, 0.3) is 0 Å². The molecule has 1 unspecified atom stereocenters. The van der Waals surface area contributed by atoms with Crippen molar-refractivity contribution in [1.82, 2.24) is 0 Å². The number of hydrogen-bond acceptors (Lipinski definition) is 2. The smallest absolute Gasteiger partial charge is 0.123 e. The lowest BCUT2D eigenvalue weighted by Gasteiger charge is -2.13. The largest absolute Gasteiger partial charge is 0.398 e. The second-order valence-electron chi connectivity index (χ2n) is 3.78. The molecule has 0 saturated carbocycles. The second kappa shape index (κ2) is 5.71. The number of hydrogen-bond donors (Lipinski definition) is 2. The van der Waals surface area contributed by atoms with Crippen LogP contribution in [0.5, 0.6) is 0 Å². The zero-order valence-electron chi connectivity index (χ0n) is 9.04. The fourth-order valence-corrected chi connectivity index (χ4v) is 1.58. The van der Waals surface area contributed by atoms with Gasteiger partial charge in [0, 0.05) is 11.3 Å². The summed E-state index contributed by atoms with van der Waals surface area (Å²) >= 11 is 0. The van der Waals surface area contributed by atoms with Gasteiger partial charge in [0.2, 0.25) is 0 Å². The Bertz CT molecular complexity index is 314. The Balaban J connectivity index is 2.64. The van der Waals surface area contributed by atoms with Gasteiger partial charge in [0.15, 0.2) is 0 Å². The molecule has 1 aromatic carbocycles. The van der Waals surface area contributed by atoms with Gasteiger partial charge in [0.05, 0.1) is 6.10 Å². The molecule has 1 atom stereocenters. The Kier molecular flexibility index (Phi) is 4.56. The molecular weight excluding hydrogens is 193 g/mol. The van der Waals surface area contributed by atoms with Gasteiger partial charge in [0.1, 0.15) is 5.82 Å². The lowest BCUT2D eigenvalue weighted by molar-refractivity contribution is 0.164. The summed E-state index contributed by atoms with van der Waals surface area (Å²) in [6.45, 7) is 2.10. The van der Waals surface area contributed by atoms with Gasteiger partial charge in [-0.3, -0.25) is 0 Å². The average Bonchev–Trinajstić information content (AvgIpc) is 2.22. The van der Waals surface area contributed by atoms with Gasteiger partial charge in [-0.15, -0.1) is 0 Å². The lowest BCUT2D eigenvalue weighted by Crippen LogP contribution is -2.02. The SMILES string of the molecule is CCCCCC(O)c1cc(F)ccc1N. The maximum atomic E-state index is 12.9. The van der Waals surface area contributed by atoms with Crippen molar-refractivity contribution in [2.45, 2.75) is 38.7 Å². The first-order chi connectivity index (χ1) is 7.15. The van der Waals surface area contributed by atoms with Crippen molar-refractivity contribution in [1.29, 1.82) is 0 Å². The molecule has 0 aliphatic rings. The van der Waals surface area contributed by atoms with E-state index in [2.05, 4.69) is 6.92 Å². The van der Waals surface area contributed by atoms with Gasteiger partial charge < -0.3 is 10.8 Å². The summed E-state index contributed by atoms with van der Waals surface area (Å²) in [5.41, 5.74) is 6.63. The van der Waals surface area contributed by atoms with Crippen molar-refractivity contribution in [3.8, 4) is 0 Å². The Morgan fingerprint density at radius 3 is 2.80 bits per heavy atom. The zero-order valence-corrected chi connectivity index (χ0v) is 9.04. The van der Waals surface area contributed by atoms with Crippen LogP contribution < -0.4 is 5.73 Å². The molecule has 0 radical (unpaired) electrons. The summed E-state index contributed by atoms with van der Waals surface area (Å²) in [5, 5.41) is 9.81. The Morgan fingerprint density at radius 1 is 1.40 bits per heavy atom. The molecule has 0 amide bonds. The molecule has 15 heavy (non-hydrogen) atoms. The quantitative estimate of drug-likeness (QED) is 0.581. The summed E-state index contributed by atoms with van der Waals surface area (Å²) in [4.78, 5) is 0. The van der Waals surface area contributed by atoms with Crippen LogP contribution in [-0.4, -0.2) is 5.11 Å². The second-order valence-corrected chi connectivity index (χ2v) is 3.78. The van der Waals surface area contributed by atoms with E-state index in [9.17, 15) is 9.50 Å². The molecule has 1 aromatic rings. The van der Waals surface area contributed by atoms with Crippen molar-refractivity contribution in [3.63, 3.8) is 0 Å². The van der Waals surface area contributed by atoms with E-state index in [0.29, 0.717) is 17.7 Å². The van der Waals surface area contributed by atoms with E-state index in [4.69, 9.17) is 5.73 Å². The van der Waals surface area contributed by atoms with Crippen LogP contribution in [0.2, 0.25) is 0 Å². The van der Waals surface area contributed by atoms with Gasteiger partial charge >= 0.3 is 0 Å². The van der Waals surface area contributed by atoms with E-state index < -0.39 is 6.10 Å². The van der Waals surface area contributed by atoms with E-state index >= 15 is 0 Å². The normalized spacial score (nSPS) is 12.7. The van der Waals surface area contributed by atoms with E-state index in [1.54, 1.807) is 0 Å². The molecule has 0 fully saturated rings. The molecule has 1 rings (SSSR count). The van der Waals surface area contributed by atoms with E-state index in [-0.39, 0.29) is 5.82 Å². The van der Waals surface area contributed by atoms with Crippen LogP contribution in [0.1, 0.15) is 44.3 Å². The monoisotopic (exact) mass is 211 g/mol. The molecule has 84 valence electrons. The molecule has 0 aromatic heterocycles. The molecule has 0 spiro atoms. The number of nitrogen functional groups attached to an aromatic ring is 1. The maximum absolute atomic E-state index is 12.9. The number of aliphatic hydroxyl groups is 1. The topological polar surface area (TPSA) is 46.2 Å². The van der Waals surface area contributed by atoms with Crippen LogP contribution in [0.3, 0.4) is 0 Å². The van der Waals surface area contributed by atoms with E-state index in [1.807, 2.05) is 0 Å². The standard InChI is InChI=1S/C12H18FNO/c1-2-3-4-5-12(15)10-8-9(13)6-7-11(10)14/h6-8,12,15H,2-5,14H2,1H3. The van der Waals surface area contributed by atoms with Crippen LogP contribution in [0, 0.1) is 5.82 Å². The molecule has 0 bridgehead atoms. The summed E-state index contributed by atoms with van der Waals surface area (Å²) in [5.74, 6) is -0.353. The predicted octanol–water partition coefficient (Wildman–Crippen LogP) is 3.02. The molecule has 0 aliphatic heterocycles. The fourth-order valence-electron chi connectivity index (χ4n) is 1.58. The fraction of sp³-hybridized carbons (Fsp3) is 0.500. The van der Waals surface area contributed by atoms with Gasteiger partial charge in [-0.05, 0) is 24.6 Å². The van der Waals surface area contributed by atoms with E-state index in [0.717, 1.165) is 19.3 Å². The maximum Gasteiger partial charge on any atom is 0.123 e. The Hall–Kier alpha value is -1.09. The minimum Gasteiger partial charge on any atom is -0.398 e. The lowest BCUT2D eigenvalue weighted by atomic mass is 10.0. The third-order valence-electron chi connectivity index (χ3n) is 2.49. The summed E-state index contributed by atoms with van der Waals surface area (Å²) in [7, 11) is 0. The van der Waals surface area contributed by atoms with Crippen molar-refractivity contribution in [2.24, 2.45) is 0 Å². The van der Waals surface area contributed by atoms with Crippen molar-refractivity contribution >= 4 is 5.69 Å². The first-order valence-corrected chi connectivity index (χ1v) is 5.38. The highest BCUT2D eigenvalue weighted by atomic mass is 19.1. The van der Waals surface area contributed by atoms with Crippen LogP contribution in [0.4, 0.5) is 10.1 Å². The highest BCUT2D eigenvalue weighted by Crippen LogP contribution is 2.25. The van der Waals surface area contributed by atoms with Crippen LogP contribution >= 0.6 is 0 Å². The van der Waals surface area contributed by atoms with Crippen molar-refractivity contribution in [3.05, 3.63) is 29.6 Å². The van der Waals surface area contributed by atoms with Gasteiger partial charge in [-0.25, -0.2) is 4.39 Å². The number of anilines is 1. The number of rotatable bonds is 5. The molecule has 0 aliphatic carbocycles. The summed E-state index contributed by atoms with van der Waals surface area (Å²) < 4.78 is 12.9. The van der Waals surface area contributed by atoms with Gasteiger partial charge in [0.25, 0.3) is 0 Å². The van der Waals surface area contributed by atoms with Crippen molar-refractivity contribution < 1.29 is 9.50 Å². The van der Waals surface area contributed by atoms with Crippen LogP contribution in [-0.2, 0) is 0 Å². The minimum atomic E-state index is -0.646. The molecule has 0 heterocycles. The van der Waals surface area contributed by atoms with E-state index in [1.165, 1.54) is 18.2 Å². The Labute approximate surface area is 89.9 Å². The third-order valence-corrected chi connectivity index (χ3v) is 2.49. The minimum absolute atomic E-state index is 0.353. The highest BCUT2D eigenvalue weighted by Gasteiger charge is 2.11. The zero-order chi connectivity index (χ0) is 11.3. The number of halogens is 1.